The van der Waals surface area contributed by atoms with Crippen LogP contribution in [0.4, 0.5) is 5.69 Å². The fraction of sp³-hybridized carbons (Fsp3) is 0.424. The zero-order valence-electron chi connectivity index (χ0n) is 24.4. The van der Waals surface area contributed by atoms with E-state index in [0.717, 1.165) is 5.56 Å². The van der Waals surface area contributed by atoms with E-state index in [2.05, 4.69) is 20.1 Å². The third-order valence-corrected chi connectivity index (χ3v) is 11.1. The van der Waals surface area contributed by atoms with E-state index >= 15 is 0 Å². The number of likely N-dealkylation sites (tertiary alicyclic amines) is 1. The smallest absolute Gasteiger partial charge is 0.251 e. The van der Waals surface area contributed by atoms with Crippen molar-refractivity contribution in [3.63, 3.8) is 0 Å². The maximum absolute atomic E-state index is 14.9. The van der Waals surface area contributed by atoms with Crippen LogP contribution in [0.15, 0.2) is 79.9 Å². The standard InChI is InChI=1S/C33H39N3O5S/c1-6-19-34(4)29(38)26-27-30(39)36(25(21-37)22-11-9-8-10-12-22)28(33(27)18-17-32(26,3)42-33)31(40)35(20-7-2)23-13-15-24(41-5)16-14-23/h6-16,25-28,37H,1-2,17-21H2,3-5H3/t25-,26-,27+,28?,32+,33?/m1/s1. The van der Waals surface area contributed by atoms with Gasteiger partial charge in [-0.15, -0.1) is 24.9 Å². The van der Waals surface area contributed by atoms with Gasteiger partial charge in [-0.2, -0.15) is 0 Å². The topological polar surface area (TPSA) is 90.4 Å². The van der Waals surface area contributed by atoms with Gasteiger partial charge in [0.2, 0.25) is 11.8 Å². The maximum Gasteiger partial charge on any atom is 0.251 e. The van der Waals surface area contributed by atoms with Gasteiger partial charge in [0.25, 0.3) is 5.91 Å². The average molecular weight is 590 g/mol. The van der Waals surface area contributed by atoms with Gasteiger partial charge in [-0.05, 0) is 49.6 Å². The summed E-state index contributed by atoms with van der Waals surface area (Å²) in [6.07, 6.45) is 4.65. The number of benzene rings is 2. The predicted octanol–water partition coefficient (Wildman–Crippen LogP) is 4.07. The number of ether oxygens (including phenoxy) is 1. The van der Waals surface area contributed by atoms with Crippen molar-refractivity contribution >= 4 is 35.2 Å². The second-order valence-corrected chi connectivity index (χ2v) is 13.4. The number of thioether (sulfide) groups is 1. The molecule has 5 rings (SSSR count). The monoisotopic (exact) mass is 589 g/mol. The number of aliphatic hydroxyl groups excluding tert-OH is 1. The Morgan fingerprint density at radius 2 is 1.76 bits per heavy atom. The Balaban J connectivity index is 1.66. The van der Waals surface area contributed by atoms with Gasteiger partial charge in [0.15, 0.2) is 0 Å². The Morgan fingerprint density at radius 1 is 1.10 bits per heavy atom. The summed E-state index contributed by atoms with van der Waals surface area (Å²) in [5.41, 5.74) is 1.38. The van der Waals surface area contributed by atoms with Gasteiger partial charge < -0.3 is 24.5 Å². The van der Waals surface area contributed by atoms with E-state index in [9.17, 15) is 19.5 Å². The summed E-state index contributed by atoms with van der Waals surface area (Å²) in [5, 5.41) is 10.7. The highest BCUT2D eigenvalue weighted by Gasteiger charge is 2.78. The van der Waals surface area contributed by atoms with Gasteiger partial charge in [0.1, 0.15) is 11.8 Å². The highest BCUT2D eigenvalue weighted by molar-refractivity contribution is 8.02. The van der Waals surface area contributed by atoms with Crippen LogP contribution in [0.2, 0.25) is 0 Å². The Hall–Kier alpha value is -3.56. The summed E-state index contributed by atoms with van der Waals surface area (Å²) in [7, 11) is 3.31. The number of hydrogen-bond acceptors (Lipinski definition) is 6. The number of hydrogen-bond donors (Lipinski definition) is 1. The predicted molar refractivity (Wildman–Crippen MR) is 165 cm³/mol. The van der Waals surface area contributed by atoms with Crippen LogP contribution in [0.5, 0.6) is 5.75 Å². The minimum absolute atomic E-state index is 0.115. The summed E-state index contributed by atoms with van der Waals surface area (Å²) in [4.78, 5) is 48.4. The molecule has 1 spiro atoms. The van der Waals surface area contributed by atoms with Crippen LogP contribution >= 0.6 is 11.8 Å². The molecule has 2 unspecified atom stereocenters. The second-order valence-electron chi connectivity index (χ2n) is 11.5. The SMILES string of the molecule is C=CCN(C)C(=O)[C@H]1[C@H]2C(=O)N([C@H](CO)c3ccccc3)C(C(=O)N(CC=C)c3ccc(OC)cc3)C23CC[C@]1(C)S3. The Labute approximate surface area is 252 Å². The molecular formula is C33H39N3O5S. The molecule has 8 nitrogen and oxygen atoms in total. The third-order valence-electron chi connectivity index (χ3n) is 9.15. The number of anilines is 1. The molecule has 3 amide bonds. The van der Waals surface area contributed by atoms with Crippen molar-refractivity contribution in [2.24, 2.45) is 11.8 Å². The molecule has 0 aliphatic carbocycles. The van der Waals surface area contributed by atoms with Crippen LogP contribution in [-0.2, 0) is 14.4 Å². The van der Waals surface area contributed by atoms with Gasteiger partial charge in [0.05, 0.1) is 36.3 Å². The summed E-state index contributed by atoms with van der Waals surface area (Å²) < 4.78 is 4.00. The normalized spacial score (nSPS) is 28.2. The van der Waals surface area contributed by atoms with Crippen LogP contribution in [0, 0.1) is 11.8 Å². The fourth-order valence-electron chi connectivity index (χ4n) is 7.27. The number of aliphatic hydroxyl groups is 1. The first-order chi connectivity index (χ1) is 20.2. The first-order valence-corrected chi connectivity index (χ1v) is 15.1. The molecule has 2 aromatic carbocycles. The average Bonchev–Trinajstić information content (AvgIpc) is 3.57. The van der Waals surface area contributed by atoms with Crippen LogP contribution in [0.25, 0.3) is 0 Å². The first kappa shape index (κ1) is 29.9. The number of likely N-dealkylation sites (N-methyl/N-ethyl adjacent to an activating group) is 1. The highest BCUT2D eigenvalue weighted by atomic mass is 32.2. The molecule has 3 aliphatic rings. The minimum atomic E-state index is -0.899. The number of carbonyl (C=O) groups is 3. The minimum Gasteiger partial charge on any atom is -0.497 e. The fourth-order valence-corrected chi connectivity index (χ4v) is 9.60. The molecule has 3 saturated heterocycles. The van der Waals surface area contributed by atoms with E-state index in [-0.39, 0.29) is 30.9 Å². The number of methoxy groups -OCH3 is 1. The van der Waals surface area contributed by atoms with Gasteiger partial charge >= 0.3 is 0 Å². The number of nitrogens with zero attached hydrogens (tertiary/aromatic N) is 3. The third kappa shape index (κ3) is 4.63. The first-order valence-electron chi connectivity index (χ1n) is 14.3. The quantitative estimate of drug-likeness (QED) is 0.398. The van der Waals surface area contributed by atoms with E-state index < -0.39 is 33.4 Å². The van der Waals surface area contributed by atoms with Crippen molar-refractivity contribution in [1.29, 1.82) is 0 Å². The lowest BCUT2D eigenvalue weighted by atomic mass is 9.66. The van der Waals surface area contributed by atoms with Crippen LogP contribution in [0.3, 0.4) is 0 Å². The molecule has 6 atom stereocenters. The van der Waals surface area contributed by atoms with Crippen LogP contribution < -0.4 is 9.64 Å². The van der Waals surface area contributed by atoms with Gasteiger partial charge in [-0.25, -0.2) is 0 Å². The molecule has 2 aromatic rings. The van der Waals surface area contributed by atoms with Gasteiger partial charge in [-0.1, -0.05) is 42.5 Å². The van der Waals surface area contributed by atoms with E-state index in [1.165, 1.54) is 0 Å². The maximum atomic E-state index is 14.9. The molecule has 0 aromatic heterocycles. The lowest BCUT2D eigenvalue weighted by Gasteiger charge is -2.39. The molecule has 0 saturated carbocycles. The second kappa shape index (κ2) is 11.6. The van der Waals surface area contributed by atoms with Crippen molar-refractivity contribution in [1.82, 2.24) is 9.80 Å². The zero-order valence-corrected chi connectivity index (χ0v) is 25.3. The van der Waals surface area contributed by atoms with Crippen molar-refractivity contribution in [3.05, 3.63) is 85.5 Å². The van der Waals surface area contributed by atoms with Crippen LogP contribution in [-0.4, -0.2) is 82.0 Å². The Morgan fingerprint density at radius 3 is 2.36 bits per heavy atom. The van der Waals surface area contributed by atoms with E-state index in [1.54, 1.807) is 64.9 Å². The molecule has 9 heteroatoms. The zero-order chi connectivity index (χ0) is 30.2. The molecule has 0 radical (unpaired) electrons. The Bertz CT molecular complexity index is 1370. The number of rotatable bonds is 11. The van der Waals surface area contributed by atoms with Crippen molar-refractivity contribution in [3.8, 4) is 5.75 Å². The summed E-state index contributed by atoms with van der Waals surface area (Å²) in [6.45, 7) is 9.96. The van der Waals surface area contributed by atoms with Crippen molar-refractivity contribution < 1.29 is 24.2 Å². The van der Waals surface area contributed by atoms with Gasteiger partial charge in [-0.3, -0.25) is 14.4 Å². The van der Waals surface area contributed by atoms with Gasteiger partial charge in [0, 0.05) is 30.6 Å². The molecule has 2 bridgehead atoms. The molecule has 42 heavy (non-hydrogen) atoms. The molecule has 3 heterocycles. The summed E-state index contributed by atoms with van der Waals surface area (Å²) >= 11 is 1.62. The van der Waals surface area contributed by atoms with Crippen LogP contribution in [0.1, 0.15) is 31.4 Å². The lowest BCUT2D eigenvalue weighted by Crippen LogP contribution is -2.56. The molecule has 222 valence electrons. The number of amides is 3. The summed E-state index contributed by atoms with van der Waals surface area (Å²) in [5.74, 6) is -1.27. The van der Waals surface area contributed by atoms with Crippen molar-refractivity contribution in [2.45, 2.75) is 41.3 Å². The summed E-state index contributed by atoms with van der Waals surface area (Å²) in [6, 6.07) is 14.9. The highest BCUT2D eigenvalue weighted by Crippen LogP contribution is 2.72. The van der Waals surface area contributed by atoms with E-state index in [0.29, 0.717) is 30.8 Å². The number of carbonyl (C=O) groups excluding carboxylic acids is 3. The molecule has 3 fully saturated rings. The number of fused-ring (bicyclic) bond motifs is 1. The van der Waals surface area contributed by atoms with E-state index in [1.807, 2.05) is 42.5 Å². The molecular weight excluding hydrogens is 550 g/mol. The largest absolute Gasteiger partial charge is 0.497 e. The molecule has 1 N–H and O–H groups in total. The molecule has 3 aliphatic heterocycles. The Kier molecular flexibility index (Phi) is 8.27. The van der Waals surface area contributed by atoms with E-state index in [4.69, 9.17) is 4.74 Å². The lowest BCUT2D eigenvalue weighted by molar-refractivity contribution is -0.146. The van der Waals surface area contributed by atoms with Crippen molar-refractivity contribution in [2.75, 3.05) is 38.8 Å².